The lowest BCUT2D eigenvalue weighted by Gasteiger charge is -2.17. The number of benzene rings is 1. The van der Waals surface area contributed by atoms with Gasteiger partial charge in [0, 0.05) is 11.5 Å². The first-order valence-corrected chi connectivity index (χ1v) is 5.95. The summed E-state index contributed by atoms with van der Waals surface area (Å²) in [6.45, 7) is 0. The van der Waals surface area contributed by atoms with E-state index >= 15 is 0 Å². The van der Waals surface area contributed by atoms with Gasteiger partial charge in [-0.1, -0.05) is 12.1 Å². The van der Waals surface area contributed by atoms with Gasteiger partial charge in [-0.2, -0.15) is 0 Å². The smallest absolute Gasteiger partial charge is 0.222 e. The Morgan fingerprint density at radius 2 is 1.40 bits per heavy atom. The standard InChI is InChI=1S/C9H7S.ClHO4/c1-2-6-9-8(4-1)5-3-7-10-9;2-1(3,4)5/h1-7H;(H,2,3,4,5)/q+1;/p-1. The summed E-state index contributed by atoms with van der Waals surface area (Å²) in [7, 11) is -4.94. The SMILES string of the molecule is [O-][Cl+3]([O-])([O-])[O-].c1ccc2[s+]cccc2c1. The predicted molar refractivity (Wildman–Crippen MR) is 46.2 cm³/mol. The average Bonchev–Trinajstić information content (AvgIpc) is 2.16. The van der Waals surface area contributed by atoms with Crippen LogP contribution in [0.25, 0.3) is 10.1 Å². The second kappa shape index (κ2) is 5.32. The molecule has 0 saturated heterocycles. The molecule has 2 rings (SSSR count). The summed E-state index contributed by atoms with van der Waals surface area (Å²) in [4.78, 5) is 0. The molecule has 0 bridgehead atoms. The molecule has 0 aliphatic heterocycles. The fraction of sp³-hybridized carbons (Fsp3) is 0. The van der Waals surface area contributed by atoms with Crippen molar-refractivity contribution in [1.82, 2.24) is 0 Å². The summed E-state index contributed by atoms with van der Waals surface area (Å²) in [6, 6.07) is 12.6. The van der Waals surface area contributed by atoms with Crippen molar-refractivity contribution in [2.75, 3.05) is 0 Å². The molecule has 0 N–H and O–H groups in total. The molecule has 15 heavy (non-hydrogen) atoms. The summed E-state index contributed by atoms with van der Waals surface area (Å²) in [5.41, 5.74) is 0. The van der Waals surface area contributed by atoms with Crippen LogP contribution in [0.1, 0.15) is 0 Å². The zero-order valence-corrected chi connectivity index (χ0v) is 9.03. The molecular weight excluding hydrogens is 240 g/mol. The lowest BCUT2D eigenvalue weighted by molar-refractivity contribution is -2.00. The maximum absolute atomic E-state index is 8.49. The molecule has 0 aliphatic carbocycles. The van der Waals surface area contributed by atoms with Crippen molar-refractivity contribution >= 4 is 21.4 Å². The first-order chi connectivity index (χ1) is 6.97. The van der Waals surface area contributed by atoms with Gasteiger partial charge in [-0.25, -0.2) is 18.6 Å². The van der Waals surface area contributed by atoms with E-state index in [-0.39, 0.29) is 0 Å². The largest absolute Gasteiger partial charge is 0.237 e. The van der Waals surface area contributed by atoms with Gasteiger partial charge in [-0.3, -0.25) is 0 Å². The normalized spacial score (nSPS) is 10.7. The number of hydrogen-bond acceptors (Lipinski definition) is 4. The third-order valence-electron chi connectivity index (χ3n) is 1.47. The zero-order valence-electron chi connectivity index (χ0n) is 7.46. The molecule has 0 unspecified atom stereocenters. The van der Waals surface area contributed by atoms with Crippen molar-refractivity contribution in [2.45, 2.75) is 0 Å². The van der Waals surface area contributed by atoms with E-state index in [9.17, 15) is 0 Å². The van der Waals surface area contributed by atoms with Gasteiger partial charge in [0.05, 0.1) is 0 Å². The van der Waals surface area contributed by atoms with Gasteiger partial charge < -0.3 is 0 Å². The van der Waals surface area contributed by atoms with Crippen LogP contribution in [-0.2, 0) is 0 Å². The van der Waals surface area contributed by atoms with Gasteiger partial charge in [0.15, 0.2) is 5.38 Å². The Balaban J connectivity index is 0.000000195. The molecule has 6 heteroatoms. The van der Waals surface area contributed by atoms with Crippen molar-refractivity contribution in [3.8, 4) is 0 Å². The van der Waals surface area contributed by atoms with E-state index in [0.717, 1.165) is 0 Å². The Bertz CT molecular complexity index is 358. The van der Waals surface area contributed by atoms with Crippen molar-refractivity contribution in [2.24, 2.45) is 0 Å². The van der Waals surface area contributed by atoms with Gasteiger partial charge in [0.2, 0.25) is 16.0 Å². The molecule has 80 valence electrons. The number of halogens is 1. The van der Waals surface area contributed by atoms with E-state index in [1.807, 2.05) is 0 Å². The monoisotopic (exact) mass is 246 g/mol. The fourth-order valence-corrected chi connectivity index (χ4v) is 1.71. The highest BCUT2D eigenvalue weighted by Crippen LogP contribution is 2.16. The lowest BCUT2D eigenvalue weighted by Crippen LogP contribution is -2.68. The van der Waals surface area contributed by atoms with Gasteiger partial charge >= 0.3 is 0 Å². The van der Waals surface area contributed by atoms with Gasteiger partial charge in [0.1, 0.15) is 0 Å². The minimum Gasteiger partial charge on any atom is -0.222 e. The molecular formula is C9H7ClO4S. The average molecular weight is 247 g/mol. The number of rotatable bonds is 0. The second-order valence-electron chi connectivity index (χ2n) is 2.53. The first-order valence-electron chi connectivity index (χ1n) is 3.84. The highest BCUT2D eigenvalue weighted by molar-refractivity contribution is 7.16. The minimum atomic E-state index is -4.94. The Morgan fingerprint density at radius 3 is 2.00 bits per heavy atom. The van der Waals surface area contributed by atoms with E-state index in [0.29, 0.717) is 0 Å². The summed E-state index contributed by atoms with van der Waals surface area (Å²) < 4.78 is 35.3. The molecule has 4 nitrogen and oxygen atoms in total. The predicted octanol–water partition coefficient (Wildman–Crippen LogP) is -1.57. The molecule has 0 amide bonds. The Hall–Kier alpha value is -0.820. The fourth-order valence-electron chi connectivity index (χ4n) is 0.981. The van der Waals surface area contributed by atoms with E-state index in [4.69, 9.17) is 18.6 Å². The highest BCUT2D eigenvalue weighted by Gasteiger charge is 1.98. The van der Waals surface area contributed by atoms with Crippen molar-refractivity contribution in [3.05, 3.63) is 41.8 Å². The van der Waals surface area contributed by atoms with Crippen LogP contribution in [0.4, 0.5) is 0 Å². The molecule has 0 fully saturated rings. The Morgan fingerprint density at radius 1 is 0.867 bits per heavy atom. The van der Waals surface area contributed by atoms with Crippen LogP contribution >= 0.6 is 11.3 Å². The van der Waals surface area contributed by atoms with Crippen LogP contribution in [0.15, 0.2) is 41.8 Å². The Labute approximate surface area is 92.4 Å². The summed E-state index contributed by atoms with van der Waals surface area (Å²) in [5, 5.41) is 3.43. The van der Waals surface area contributed by atoms with E-state index < -0.39 is 10.2 Å². The van der Waals surface area contributed by atoms with E-state index in [2.05, 4.69) is 41.8 Å². The molecule has 1 aromatic heterocycles. The third kappa shape index (κ3) is 5.58. The van der Waals surface area contributed by atoms with Crippen LogP contribution in [0.5, 0.6) is 0 Å². The van der Waals surface area contributed by atoms with E-state index in [1.54, 1.807) is 11.3 Å². The van der Waals surface area contributed by atoms with Crippen molar-refractivity contribution in [1.29, 1.82) is 0 Å². The number of fused-ring (bicyclic) bond motifs is 1. The van der Waals surface area contributed by atoms with Crippen LogP contribution in [-0.4, -0.2) is 0 Å². The maximum atomic E-state index is 8.49. The highest BCUT2D eigenvalue weighted by atomic mass is 35.7. The molecule has 0 saturated carbocycles. The zero-order chi connectivity index (χ0) is 11.3. The van der Waals surface area contributed by atoms with Gasteiger partial charge in [0.25, 0.3) is 0 Å². The molecule has 0 aliphatic rings. The lowest BCUT2D eigenvalue weighted by atomic mass is 10.3. The minimum absolute atomic E-state index is 1.33. The van der Waals surface area contributed by atoms with Crippen molar-refractivity contribution < 1.29 is 28.9 Å². The van der Waals surface area contributed by atoms with Gasteiger partial charge in [-0.15, -0.1) is 10.2 Å². The van der Waals surface area contributed by atoms with Crippen LogP contribution in [0, 0.1) is 10.2 Å². The molecule has 0 spiro atoms. The number of hydrogen-bond donors (Lipinski definition) is 0. The molecule has 0 atom stereocenters. The van der Waals surface area contributed by atoms with Gasteiger partial charge in [-0.05, 0) is 18.2 Å². The third-order valence-corrected chi connectivity index (χ3v) is 2.39. The molecule has 1 aromatic carbocycles. The molecule has 1 heterocycles. The second-order valence-corrected chi connectivity index (χ2v) is 4.23. The molecule has 0 radical (unpaired) electrons. The summed E-state index contributed by atoms with van der Waals surface area (Å²) in [5.74, 6) is 0. The maximum Gasteiger partial charge on any atom is 0.237 e. The quantitative estimate of drug-likeness (QED) is 0.525. The Kier molecular flexibility index (Phi) is 4.34. The summed E-state index contributed by atoms with van der Waals surface area (Å²) in [6.07, 6.45) is 0. The van der Waals surface area contributed by atoms with Crippen molar-refractivity contribution in [3.63, 3.8) is 0 Å². The van der Waals surface area contributed by atoms with Crippen LogP contribution in [0.3, 0.4) is 0 Å². The topological polar surface area (TPSA) is 92.2 Å². The molecule has 2 aromatic rings. The summed E-state index contributed by atoms with van der Waals surface area (Å²) >= 11 is 1.78. The van der Waals surface area contributed by atoms with Crippen LogP contribution < -0.4 is 18.6 Å². The van der Waals surface area contributed by atoms with E-state index in [1.165, 1.54) is 10.1 Å². The first kappa shape index (κ1) is 12.3. The van der Waals surface area contributed by atoms with Crippen LogP contribution in [0.2, 0.25) is 0 Å².